The van der Waals surface area contributed by atoms with Crippen LogP contribution >= 0.6 is 0 Å². The number of fused-ring (bicyclic) bond motifs is 1. The Hall–Kier alpha value is -1.37. The van der Waals surface area contributed by atoms with Gasteiger partial charge in [0.15, 0.2) is 0 Å². The van der Waals surface area contributed by atoms with Gasteiger partial charge in [-0.05, 0) is 18.6 Å². The van der Waals surface area contributed by atoms with E-state index >= 15 is 0 Å². The van der Waals surface area contributed by atoms with Crippen LogP contribution in [0.15, 0.2) is 37.1 Å². The van der Waals surface area contributed by atoms with Crippen LogP contribution in [0.2, 0.25) is 0 Å². The molecule has 14 heavy (non-hydrogen) atoms. The summed E-state index contributed by atoms with van der Waals surface area (Å²) < 4.78 is 0. The molecular weight excluding hydrogens is 170 g/mol. The highest BCUT2D eigenvalue weighted by atomic mass is 14.7. The molecule has 0 radical (unpaired) electrons. The summed E-state index contributed by atoms with van der Waals surface area (Å²) in [4.78, 5) is 4.26. The van der Waals surface area contributed by atoms with Crippen molar-refractivity contribution >= 4 is 6.08 Å². The molecule has 1 aliphatic carbocycles. The third kappa shape index (κ3) is 3.17. The van der Waals surface area contributed by atoms with Gasteiger partial charge < -0.3 is 0 Å². The van der Waals surface area contributed by atoms with Crippen molar-refractivity contribution in [2.45, 2.75) is 27.2 Å². The van der Waals surface area contributed by atoms with Crippen molar-refractivity contribution in [2.75, 3.05) is 0 Å². The highest BCUT2D eigenvalue weighted by molar-refractivity contribution is 5.60. The van der Waals surface area contributed by atoms with Crippen LogP contribution in [0, 0.1) is 0 Å². The Morgan fingerprint density at radius 3 is 2.50 bits per heavy atom. The first-order valence-electron chi connectivity index (χ1n) is 4.97. The molecule has 0 saturated carbocycles. The van der Waals surface area contributed by atoms with E-state index in [1.807, 2.05) is 26.1 Å². The molecule has 2 rings (SSSR count). The molecule has 0 fully saturated rings. The molecule has 1 aliphatic rings. The molecule has 1 aromatic rings. The number of pyridine rings is 1. The molecule has 0 spiro atoms. The maximum Gasteiger partial charge on any atom is 0.0516 e. The third-order valence-corrected chi connectivity index (χ3v) is 1.77. The number of nitrogens with zero attached hydrogens (tertiary/aromatic N) is 1. The smallest absolute Gasteiger partial charge is 0.0516 e. The van der Waals surface area contributed by atoms with Gasteiger partial charge in [-0.1, -0.05) is 31.6 Å². The van der Waals surface area contributed by atoms with Crippen LogP contribution in [0.25, 0.3) is 6.08 Å². The van der Waals surface area contributed by atoms with Crippen molar-refractivity contribution in [3.8, 4) is 0 Å². The van der Waals surface area contributed by atoms with E-state index in [-0.39, 0.29) is 0 Å². The lowest BCUT2D eigenvalue weighted by molar-refractivity contribution is 1.08. The van der Waals surface area contributed by atoms with Crippen LogP contribution in [-0.4, -0.2) is 4.98 Å². The Balaban J connectivity index is 0.000000379. The van der Waals surface area contributed by atoms with Crippen LogP contribution in [-0.2, 0) is 6.42 Å². The van der Waals surface area contributed by atoms with Gasteiger partial charge >= 0.3 is 0 Å². The Kier molecular flexibility index (Phi) is 6.38. The lowest BCUT2D eigenvalue weighted by atomic mass is 10.2. The molecule has 0 N–H and O–H groups in total. The Morgan fingerprint density at radius 2 is 1.93 bits per heavy atom. The van der Waals surface area contributed by atoms with E-state index in [1.165, 1.54) is 16.8 Å². The molecule has 76 valence electrons. The average Bonchev–Trinajstić information content (AvgIpc) is 2.64. The first-order chi connectivity index (χ1) is 6.86. The summed E-state index contributed by atoms with van der Waals surface area (Å²) in [5.74, 6) is 0. The van der Waals surface area contributed by atoms with E-state index in [1.54, 1.807) is 0 Å². The number of aromatic nitrogens is 1. The summed E-state index contributed by atoms with van der Waals surface area (Å²) in [6, 6.07) is 4.09. The molecule has 0 unspecified atom stereocenters. The number of allylic oxidation sites excluding steroid dienone is 1. The number of hydrogen-bond acceptors (Lipinski definition) is 1. The van der Waals surface area contributed by atoms with Crippen molar-refractivity contribution < 1.29 is 0 Å². The van der Waals surface area contributed by atoms with Crippen molar-refractivity contribution in [3.63, 3.8) is 0 Å². The fourth-order valence-corrected chi connectivity index (χ4v) is 1.31. The Bertz CT molecular complexity index is 300. The zero-order valence-electron chi connectivity index (χ0n) is 9.38. The average molecular weight is 189 g/mol. The summed E-state index contributed by atoms with van der Waals surface area (Å²) in [6.07, 6.45) is 5.09. The van der Waals surface area contributed by atoms with Crippen molar-refractivity contribution in [3.05, 3.63) is 48.3 Å². The molecule has 0 aliphatic heterocycles. The highest BCUT2D eigenvalue weighted by Gasteiger charge is 2.08. The largest absolute Gasteiger partial charge is 0.260 e. The van der Waals surface area contributed by atoms with Crippen LogP contribution < -0.4 is 0 Å². The first kappa shape index (κ1) is 12.6. The standard InChI is InChI=1S/C9H9N.C2H6.C2H4/c1-7-5-8-3-2-4-10-9(8)6-7;2*1-2/h2-5H,6H2,1H3;1-2H3;1-2H2. The van der Waals surface area contributed by atoms with E-state index in [4.69, 9.17) is 0 Å². The molecule has 1 heteroatoms. The van der Waals surface area contributed by atoms with Crippen molar-refractivity contribution in [1.29, 1.82) is 0 Å². The van der Waals surface area contributed by atoms with Crippen LogP contribution in [0.5, 0.6) is 0 Å². The molecule has 0 atom stereocenters. The maximum atomic E-state index is 4.26. The highest BCUT2D eigenvalue weighted by Crippen LogP contribution is 2.21. The normalized spacial score (nSPS) is 11.2. The molecule has 1 aromatic heterocycles. The van der Waals surface area contributed by atoms with Crippen LogP contribution in [0.1, 0.15) is 32.0 Å². The minimum Gasteiger partial charge on any atom is -0.260 e. The fourth-order valence-electron chi connectivity index (χ4n) is 1.31. The molecule has 1 heterocycles. The zero-order chi connectivity index (χ0) is 11.0. The summed E-state index contributed by atoms with van der Waals surface area (Å²) in [6.45, 7) is 12.1. The Morgan fingerprint density at radius 1 is 1.29 bits per heavy atom. The monoisotopic (exact) mass is 189 g/mol. The topological polar surface area (TPSA) is 12.9 Å². The second-order valence-electron chi connectivity index (χ2n) is 2.71. The first-order valence-corrected chi connectivity index (χ1v) is 4.97. The summed E-state index contributed by atoms with van der Waals surface area (Å²) in [7, 11) is 0. The van der Waals surface area contributed by atoms with Gasteiger partial charge in [-0.2, -0.15) is 0 Å². The lowest BCUT2D eigenvalue weighted by Crippen LogP contribution is -1.85. The molecule has 0 bridgehead atoms. The summed E-state index contributed by atoms with van der Waals surface area (Å²) in [5.41, 5.74) is 3.92. The fraction of sp³-hybridized carbons (Fsp3) is 0.308. The van der Waals surface area contributed by atoms with Crippen molar-refractivity contribution in [1.82, 2.24) is 4.98 Å². The second kappa shape index (κ2) is 7.07. The Labute approximate surface area is 87.2 Å². The van der Waals surface area contributed by atoms with Gasteiger partial charge in [0.2, 0.25) is 0 Å². The van der Waals surface area contributed by atoms with E-state index in [0.717, 1.165) is 6.42 Å². The molecule has 0 saturated heterocycles. The molecule has 1 nitrogen and oxygen atoms in total. The molecule has 0 aromatic carbocycles. The maximum absolute atomic E-state index is 4.26. The van der Waals surface area contributed by atoms with Gasteiger partial charge in [0.1, 0.15) is 0 Å². The van der Waals surface area contributed by atoms with Crippen LogP contribution in [0.4, 0.5) is 0 Å². The zero-order valence-corrected chi connectivity index (χ0v) is 9.38. The minimum absolute atomic E-state index is 1.04. The van der Waals surface area contributed by atoms with E-state index in [2.05, 4.69) is 37.2 Å². The van der Waals surface area contributed by atoms with Crippen LogP contribution in [0.3, 0.4) is 0 Å². The van der Waals surface area contributed by atoms with Gasteiger partial charge in [-0.25, -0.2) is 0 Å². The van der Waals surface area contributed by atoms with Crippen molar-refractivity contribution in [2.24, 2.45) is 0 Å². The quantitative estimate of drug-likeness (QED) is 0.564. The SMILES string of the molecule is C=C.CC.CC1=Cc2cccnc2C1. The van der Waals surface area contributed by atoms with E-state index in [9.17, 15) is 0 Å². The summed E-state index contributed by atoms with van der Waals surface area (Å²) in [5, 5.41) is 0. The number of rotatable bonds is 0. The van der Waals surface area contributed by atoms with E-state index < -0.39 is 0 Å². The summed E-state index contributed by atoms with van der Waals surface area (Å²) >= 11 is 0. The van der Waals surface area contributed by atoms with E-state index in [0.29, 0.717) is 0 Å². The minimum atomic E-state index is 1.04. The predicted molar refractivity (Wildman–Crippen MR) is 64.2 cm³/mol. The molecule has 0 amide bonds. The predicted octanol–water partition coefficient (Wildman–Crippen LogP) is 3.87. The molecular formula is C13H19N. The van der Waals surface area contributed by atoms with Gasteiger partial charge in [0, 0.05) is 12.6 Å². The van der Waals surface area contributed by atoms with Gasteiger partial charge in [-0.15, -0.1) is 13.2 Å². The third-order valence-electron chi connectivity index (χ3n) is 1.77. The second-order valence-corrected chi connectivity index (χ2v) is 2.71. The lowest BCUT2D eigenvalue weighted by Gasteiger charge is -1.92. The van der Waals surface area contributed by atoms with Gasteiger partial charge in [0.05, 0.1) is 5.69 Å². The van der Waals surface area contributed by atoms with Gasteiger partial charge in [0.25, 0.3) is 0 Å². The van der Waals surface area contributed by atoms with Gasteiger partial charge in [-0.3, -0.25) is 4.98 Å². The number of hydrogen-bond donors (Lipinski definition) is 0.